The van der Waals surface area contributed by atoms with E-state index in [0.29, 0.717) is 11.6 Å². The number of piperidine rings is 1. The lowest BCUT2D eigenvalue weighted by Crippen LogP contribution is -2.36. The Morgan fingerprint density at radius 1 is 1.04 bits per heavy atom. The summed E-state index contributed by atoms with van der Waals surface area (Å²) in [6.07, 6.45) is 4.03. The van der Waals surface area contributed by atoms with Crippen molar-refractivity contribution < 1.29 is 4.39 Å². The van der Waals surface area contributed by atoms with Crippen LogP contribution < -0.4 is 5.32 Å². The van der Waals surface area contributed by atoms with Gasteiger partial charge in [-0.3, -0.25) is 0 Å². The molecule has 1 N–H and O–H groups in total. The highest BCUT2D eigenvalue weighted by Gasteiger charge is 2.19. The maximum Gasteiger partial charge on any atom is 0.134 e. The van der Waals surface area contributed by atoms with Gasteiger partial charge in [0.1, 0.15) is 11.6 Å². The molecular weight excluding hydrogens is 325 g/mol. The number of nitrogens with one attached hydrogen (secondary N) is 1. The predicted octanol–water partition coefficient (Wildman–Crippen LogP) is 4.86. The van der Waals surface area contributed by atoms with Crippen molar-refractivity contribution in [3.8, 4) is 11.1 Å². The second-order valence-corrected chi connectivity index (χ2v) is 7.22. The van der Waals surface area contributed by atoms with Crippen LogP contribution in [0.5, 0.6) is 0 Å². The maximum atomic E-state index is 14.4. The van der Waals surface area contributed by atoms with Crippen molar-refractivity contribution in [2.24, 2.45) is 0 Å². The highest BCUT2D eigenvalue weighted by atomic mass is 19.1. The van der Waals surface area contributed by atoms with E-state index in [4.69, 9.17) is 4.98 Å². The van der Waals surface area contributed by atoms with Crippen LogP contribution >= 0.6 is 0 Å². The van der Waals surface area contributed by atoms with Crippen LogP contribution in [0.2, 0.25) is 0 Å². The number of halogens is 1. The molecule has 26 heavy (non-hydrogen) atoms. The fraction of sp³-hybridized carbons (Fsp3) is 0.318. The van der Waals surface area contributed by atoms with Crippen LogP contribution in [0.25, 0.3) is 21.9 Å². The van der Waals surface area contributed by atoms with Gasteiger partial charge in [-0.25, -0.2) is 9.37 Å². The second-order valence-electron chi connectivity index (χ2n) is 7.22. The third-order valence-electron chi connectivity index (χ3n) is 5.35. The fourth-order valence-electron chi connectivity index (χ4n) is 3.82. The van der Waals surface area contributed by atoms with Gasteiger partial charge in [0.2, 0.25) is 0 Å². The first-order chi connectivity index (χ1) is 12.6. The Hall–Kier alpha value is -2.46. The highest BCUT2D eigenvalue weighted by Crippen LogP contribution is 2.35. The van der Waals surface area contributed by atoms with E-state index in [0.717, 1.165) is 53.6 Å². The smallest absolute Gasteiger partial charge is 0.134 e. The molecule has 0 aliphatic carbocycles. The van der Waals surface area contributed by atoms with E-state index < -0.39 is 0 Å². The maximum absolute atomic E-state index is 14.4. The number of hydrogen-bond acceptors (Lipinski definition) is 3. The third-order valence-corrected chi connectivity index (χ3v) is 5.35. The molecule has 1 aromatic heterocycles. The molecule has 0 saturated carbocycles. The first-order valence-electron chi connectivity index (χ1n) is 9.22. The van der Waals surface area contributed by atoms with Crippen LogP contribution in [0, 0.1) is 12.7 Å². The molecule has 2 heterocycles. The van der Waals surface area contributed by atoms with E-state index in [9.17, 15) is 4.39 Å². The largest absolute Gasteiger partial charge is 0.367 e. The topological polar surface area (TPSA) is 28.2 Å². The molecule has 4 heteroatoms. The van der Waals surface area contributed by atoms with Gasteiger partial charge in [0, 0.05) is 28.8 Å². The molecule has 3 nitrogen and oxygen atoms in total. The summed E-state index contributed by atoms with van der Waals surface area (Å²) in [5.41, 5.74) is 2.60. The normalized spacial score (nSPS) is 16.1. The Bertz CT molecular complexity index is 930. The molecule has 0 atom stereocenters. The molecule has 134 valence electrons. The summed E-state index contributed by atoms with van der Waals surface area (Å²) in [6, 6.07) is 13.5. The Balaban J connectivity index is 1.79. The van der Waals surface area contributed by atoms with Crippen molar-refractivity contribution in [2.45, 2.75) is 25.8 Å². The molecule has 0 spiro atoms. The van der Waals surface area contributed by atoms with Crippen LogP contribution in [-0.4, -0.2) is 36.1 Å². The Morgan fingerprint density at radius 3 is 2.58 bits per heavy atom. The van der Waals surface area contributed by atoms with Crippen LogP contribution in [0.15, 0.2) is 48.7 Å². The Kier molecular flexibility index (Phi) is 4.60. The van der Waals surface area contributed by atoms with Crippen molar-refractivity contribution in [1.82, 2.24) is 9.88 Å². The SMILES string of the molecule is Cc1cccc2c(-c3ccccc3F)cnc(NC3CCN(C)CC3)c12. The number of nitrogens with zero attached hydrogens (tertiary/aromatic N) is 2. The van der Waals surface area contributed by atoms with Gasteiger partial charge in [-0.1, -0.05) is 36.4 Å². The van der Waals surface area contributed by atoms with E-state index in [-0.39, 0.29) is 5.82 Å². The number of aryl methyl sites for hydroxylation is 1. The average molecular weight is 349 g/mol. The van der Waals surface area contributed by atoms with E-state index in [1.807, 2.05) is 18.2 Å². The lowest BCUT2D eigenvalue weighted by Gasteiger charge is -2.30. The summed E-state index contributed by atoms with van der Waals surface area (Å²) in [5.74, 6) is 0.695. The van der Waals surface area contributed by atoms with Crippen molar-refractivity contribution in [3.05, 3.63) is 60.0 Å². The molecular formula is C22H24FN3. The number of benzene rings is 2. The molecule has 0 unspecified atom stereocenters. The van der Waals surface area contributed by atoms with E-state index in [1.54, 1.807) is 12.3 Å². The van der Waals surface area contributed by atoms with Crippen LogP contribution in [0.4, 0.5) is 10.2 Å². The minimum absolute atomic E-state index is 0.215. The molecule has 1 aliphatic heterocycles. The van der Waals surface area contributed by atoms with Gasteiger partial charge in [0.15, 0.2) is 0 Å². The van der Waals surface area contributed by atoms with Gasteiger partial charge in [-0.2, -0.15) is 0 Å². The third kappa shape index (κ3) is 3.17. The zero-order chi connectivity index (χ0) is 18.1. The summed E-state index contributed by atoms with van der Waals surface area (Å²) in [7, 11) is 2.16. The number of fused-ring (bicyclic) bond motifs is 1. The molecule has 0 amide bonds. The van der Waals surface area contributed by atoms with Gasteiger partial charge in [-0.15, -0.1) is 0 Å². The number of hydrogen-bond donors (Lipinski definition) is 1. The van der Waals surface area contributed by atoms with Crippen molar-refractivity contribution in [3.63, 3.8) is 0 Å². The Morgan fingerprint density at radius 2 is 1.81 bits per heavy atom. The fourth-order valence-corrected chi connectivity index (χ4v) is 3.82. The lowest BCUT2D eigenvalue weighted by molar-refractivity contribution is 0.264. The number of aromatic nitrogens is 1. The quantitative estimate of drug-likeness (QED) is 0.732. The molecule has 1 saturated heterocycles. The van der Waals surface area contributed by atoms with Crippen molar-refractivity contribution in [1.29, 1.82) is 0 Å². The Labute approximate surface area is 153 Å². The highest BCUT2D eigenvalue weighted by molar-refractivity contribution is 6.03. The summed E-state index contributed by atoms with van der Waals surface area (Å²) in [4.78, 5) is 7.06. The number of rotatable bonds is 3. The molecule has 3 aromatic rings. The van der Waals surface area contributed by atoms with Gasteiger partial charge < -0.3 is 10.2 Å². The molecule has 0 bridgehead atoms. The first-order valence-corrected chi connectivity index (χ1v) is 9.22. The monoisotopic (exact) mass is 349 g/mol. The number of likely N-dealkylation sites (tertiary alicyclic amines) is 1. The summed E-state index contributed by atoms with van der Waals surface area (Å²) in [6.45, 7) is 4.29. The summed E-state index contributed by atoms with van der Waals surface area (Å²) >= 11 is 0. The number of pyridine rings is 1. The van der Waals surface area contributed by atoms with Crippen LogP contribution in [0.3, 0.4) is 0 Å². The zero-order valence-corrected chi connectivity index (χ0v) is 15.3. The second kappa shape index (κ2) is 7.04. The van der Waals surface area contributed by atoms with Gasteiger partial charge >= 0.3 is 0 Å². The molecule has 4 rings (SSSR count). The van der Waals surface area contributed by atoms with Crippen LogP contribution in [0.1, 0.15) is 18.4 Å². The standard InChI is InChI=1S/C22H24FN3/c1-15-6-5-8-18-19(17-7-3-4-9-20(17)23)14-24-22(21(15)18)25-16-10-12-26(2)13-11-16/h3-9,14,16H,10-13H2,1-2H3,(H,24,25). The van der Waals surface area contributed by atoms with Gasteiger partial charge in [0.05, 0.1) is 0 Å². The van der Waals surface area contributed by atoms with E-state index in [1.165, 1.54) is 6.07 Å². The van der Waals surface area contributed by atoms with E-state index >= 15 is 0 Å². The summed E-state index contributed by atoms with van der Waals surface area (Å²) in [5, 5.41) is 5.78. The number of anilines is 1. The molecule has 1 fully saturated rings. The average Bonchev–Trinajstić information content (AvgIpc) is 2.65. The van der Waals surface area contributed by atoms with Crippen molar-refractivity contribution >= 4 is 16.6 Å². The molecule has 1 aliphatic rings. The molecule has 0 radical (unpaired) electrons. The minimum atomic E-state index is -0.215. The van der Waals surface area contributed by atoms with Crippen LogP contribution in [-0.2, 0) is 0 Å². The first kappa shape index (κ1) is 17.0. The predicted molar refractivity (Wildman–Crippen MR) is 106 cm³/mol. The van der Waals surface area contributed by atoms with Gasteiger partial charge in [0.25, 0.3) is 0 Å². The van der Waals surface area contributed by atoms with Crippen molar-refractivity contribution in [2.75, 3.05) is 25.5 Å². The lowest BCUT2D eigenvalue weighted by atomic mass is 9.97. The van der Waals surface area contributed by atoms with Gasteiger partial charge in [-0.05, 0) is 56.9 Å². The molecule has 2 aromatic carbocycles. The summed E-state index contributed by atoms with van der Waals surface area (Å²) < 4.78 is 14.4. The zero-order valence-electron chi connectivity index (χ0n) is 15.3. The minimum Gasteiger partial charge on any atom is -0.367 e. The van der Waals surface area contributed by atoms with E-state index in [2.05, 4.69) is 36.3 Å².